The van der Waals surface area contributed by atoms with Gasteiger partial charge >= 0.3 is 0 Å². The minimum absolute atomic E-state index is 0. The van der Waals surface area contributed by atoms with Gasteiger partial charge in [0.05, 0.1) is 0 Å². The van der Waals surface area contributed by atoms with E-state index in [1.54, 1.807) is 30.0 Å². The molecule has 1 aromatic rings. The number of aliphatic hydroxyl groups is 1. The van der Waals surface area contributed by atoms with Crippen molar-refractivity contribution in [3.05, 3.63) is 29.6 Å². The average molecular weight is 282 g/mol. The molecule has 0 radical (unpaired) electrons. The van der Waals surface area contributed by atoms with Crippen molar-refractivity contribution in [1.29, 1.82) is 0 Å². The van der Waals surface area contributed by atoms with Gasteiger partial charge in [0.1, 0.15) is 6.23 Å². The molecular weight excluding hydrogens is 266 g/mol. The van der Waals surface area contributed by atoms with Gasteiger partial charge in [-0.25, -0.2) is 0 Å². The van der Waals surface area contributed by atoms with Gasteiger partial charge in [-0.2, -0.15) is 4.73 Å². The molecular formula is C9H16N2O2SZn. The van der Waals surface area contributed by atoms with Crippen LogP contribution in [0.5, 0.6) is 0 Å². The monoisotopic (exact) mass is 280 g/mol. The van der Waals surface area contributed by atoms with Crippen molar-refractivity contribution in [2.75, 3.05) is 14.1 Å². The number of aromatic nitrogens is 1. The van der Waals surface area contributed by atoms with Crippen molar-refractivity contribution in [2.45, 2.75) is 18.2 Å². The maximum atomic E-state index is 10.5. The molecule has 0 aromatic carbocycles. The van der Waals surface area contributed by atoms with Crippen molar-refractivity contribution >= 4 is 12.6 Å². The van der Waals surface area contributed by atoms with Gasteiger partial charge in [0.25, 0.3) is 0 Å². The fourth-order valence-corrected chi connectivity index (χ4v) is 0.572. The average Bonchev–Trinajstić information content (AvgIpc) is 2.11. The van der Waals surface area contributed by atoms with Crippen LogP contribution in [0.4, 0.5) is 0 Å². The number of rotatable bonds is 1. The Morgan fingerprint density at radius 1 is 1.47 bits per heavy atom. The van der Waals surface area contributed by atoms with Gasteiger partial charge in [-0.15, -0.1) is 0 Å². The largest absolute Gasteiger partial charge is 0.618 e. The van der Waals surface area contributed by atoms with Crippen LogP contribution in [0.3, 0.4) is 0 Å². The van der Waals surface area contributed by atoms with E-state index in [1.807, 2.05) is 14.1 Å². The van der Waals surface area contributed by atoms with Crippen LogP contribution < -0.4 is 4.73 Å². The fraction of sp³-hybridized carbons (Fsp3) is 0.444. The molecule has 82 valence electrons. The Balaban J connectivity index is 0. The number of aliphatic hydroxyl groups excluding tert-OH is 1. The van der Waals surface area contributed by atoms with Crippen LogP contribution in [0, 0.1) is 5.21 Å². The molecule has 0 amide bonds. The van der Waals surface area contributed by atoms with Crippen LogP contribution in [0.1, 0.15) is 6.92 Å². The minimum Gasteiger partial charge on any atom is -0.618 e. The van der Waals surface area contributed by atoms with E-state index in [9.17, 15) is 5.21 Å². The minimum atomic E-state index is -0.315. The number of thiol groups is 1. The summed E-state index contributed by atoms with van der Waals surface area (Å²) in [6.45, 7) is 1.72. The first-order valence-corrected chi connectivity index (χ1v) is 4.61. The fourth-order valence-electron chi connectivity index (χ4n) is 0.419. The molecule has 0 saturated carbocycles. The topological polar surface area (TPSA) is 50.4 Å². The Hall–Kier alpha value is -0.157. The van der Waals surface area contributed by atoms with Crippen LogP contribution >= 0.6 is 12.6 Å². The molecule has 0 aliphatic carbocycles. The maximum absolute atomic E-state index is 10.5. The van der Waals surface area contributed by atoms with Crippen LogP contribution in [-0.4, -0.2) is 30.3 Å². The van der Waals surface area contributed by atoms with Gasteiger partial charge < -0.3 is 10.3 Å². The number of pyridine rings is 1. The van der Waals surface area contributed by atoms with Crippen LogP contribution in [0.2, 0.25) is 0 Å². The molecule has 4 nitrogen and oxygen atoms in total. The smallest absolute Gasteiger partial charge is 0.248 e. The third-order valence-electron chi connectivity index (χ3n) is 1.55. The molecule has 1 N–H and O–H groups in total. The quantitative estimate of drug-likeness (QED) is 0.259. The summed E-state index contributed by atoms with van der Waals surface area (Å²) in [5.74, 6) is 0. The van der Waals surface area contributed by atoms with E-state index in [0.717, 1.165) is 0 Å². The third kappa shape index (κ3) is 8.81. The predicted octanol–water partition coefficient (Wildman–Crippen LogP) is 0.492. The van der Waals surface area contributed by atoms with Crippen molar-refractivity contribution in [3.63, 3.8) is 0 Å². The molecule has 1 rings (SSSR count). The first-order chi connectivity index (χ1) is 6.45. The van der Waals surface area contributed by atoms with E-state index in [4.69, 9.17) is 5.11 Å². The third-order valence-corrected chi connectivity index (χ3v) is 1.90. The summed E-state index contributed by atoms with van der Waals surface area (Å²) in [6.07, 6.45) is 1.09. The summed E-state index contributed by atoms with van der Waals surface area (Å²) in [7, 11) is 3.65. The summed E-state index contributed by atoms with van der Waals surface area (Å²) in [6, 6.07) is 5.06. The molecule has 1 unspecified atom stereocenters. The van der Waals surface area contributed by atoms with Crippen LogP contribution in [0.15, 0.2) is 29.4 Å². The molecule has 0 saturated heterocycles. The first kappa shape index (κ1) is 17.2. The number of nitrogens with zero attached hydrogens (tertiary/aromatic N) is 2. The second kappa shape index (κ2) is 9.10. The Morgan fingerprint density at radius 3 is 2.13 bits per heavy atom. The molecule has 0 bridgehead atoms. The van der Waals surface area contributed by atoms with Crippen molar-refractivity contribution in [2.24, 2.45) is 0 Å². The predicted molar refractivity (Wildman–Crippen MR) is 58.0 cm³/mol. The Kier molecular flexibility index (Phi) is 10.5. The summed E-state index contributed by atoms with van der Waals surface area (Å²) >= 11 is 3.85. The van der Waals surface area contributed by atoms with Crippen molar-refractivity contribution < 1.29 is 29.3 Å². The standard InChI is InChI=1S/C5H5NOS.C4H11NO.Zn/c7-6-4-2-1-3-5(6)8;1-4(6)5(2)3;/h1-4,8H;4,6H,1-3H3;. The van der Waals surface area contributed by atoms with Gasteiger partial charge in [0.15, 0.2) is 6.20 Å². The Bertz CT molecular complexity index is 245. The molecule has 1 atom stereocenters. The van der Waals surface area contributed by atoms with Crippen molar-refractivity contribution in [1.82, 2.24) is 4.90 Å². The van der Waals surface area contributed by atoms with Crippen molar-refractivity contribution in [3.8, 4) is 0 Å². The second-order valence-electron chi connectivity index (χ2n) is 2.98. The van der Waals surface area contributed by atoms with E-state index >= 15 is 0 Å². The molecule has 0 fully saturated rings. The van der Waals surface area contributed by atoms with Gasteiger partial charge in [-0.1, -0.05) is 12.6 Å². The number of hydrogen-bond acceptors (Lipinski definition) is 4. The molecule has 15 heavy (non-hydrogen) atoms. The zero-order chi connectivity index (χ0) is 11.1. The second-order valence-corrected chi connectivity index (χ2v) is 3.44. The van der Waals surface area contributed by atoms with E-state index in [1.165, 1.54) is 6.20 Å². The summed E-state index contributed by atoms with van der Waals surface area (Å²) in [5.41, 5.74) is 0. The first-order valence-electron chi connectivity index (χ1n) is 4.16. The Morgan fingerprint density at radius 2 is 1.93 bits per heavy atom. The van der Waals surface area contributed by atoms with Crippen LogP contribution in [0.25, 0.3) is 0 Å². The molecule has 0 spiro atoms. The number of hydrogen-bond donors (Lipinski definition) is 2. The molecule has 0 aliphatic rings. The Labute approximate surface area is 109 Å². The van der Waals surface area contributed by atoms with Gasteiger partial charge in [-0.05, 0) is 27.1 Å². The van der Waals surface area contributed by atoms with Crippen LogP contribution in [-0.2, 0) is 19.5 Å². The summed E-state index contributed by atoms with van der Waals surface area (Å²) < 4.78 is 0.698. The van der Waals surface area contributed by atoms with E-state index in [0.29, 0.717) is 9.76 Å². The van der Waals surface area contributed by atoms with Gasteiger partial charge in [0.2, 0.25) is 5.03 Å². The summed E-state index contributed by atoms with van der Waals surface area (Å²) in [4.78, 5) is 1.72. The molecule has 6 heteroatoms. The maximum Gasteiger partial charge on any atom is 0.248 e. The van der Waals surface area contributed by atoms with E-state index in [-0.39, 0.29) is 25.7 Å². The van der Waals surface area contributed by atoms with E-state index < -0.39 is 0 Å². The van der Waals surface area contributed by atoms with Gasteiger partial charge in [0, 0.05) is 31.6 Å². The zero-order valence-corrected chi connectivity index (χ0v) is 13.2. The molecule has 0 aliphatic heterocycles. The molecule has 1 aromatic heterocycles. The van der Waals surface area contributed by atoms with E-state index in [2.05, 4.69) is 12.6 Å². The summed E-state index contributed by atoms with van der Waals surface area (Å²) in [5, 5.41) is 19.4. The SMILES string of the molecule is CC(O)N(C)C.[O-][n+]1ccccc1S.[Zn]. The molecule has 1 heterocycles. The van der Waals surface area contributed by atoms with Gasteiger partial charge in [-0.3, -0.25) is 4.90 Å². The zero-order valence-electron chi connectivity index (χ0n) is 9.29. The normalized spacial score (nSPS) is 11.1.